The van der Waals surface area contributed by atoms with Crippen LogP contribution in [0.25, 0.3) is 0 Å². The average Bonchev–Trinajstić information content (AvgIpc) is 3.00. The number of benzene rings is 1. The lowest BCUT2D eigenvalue weighted by molar-refractivity contribution is 0.0267. The number of carbonyl (C=O) groups excluding carboxylic acids is 1. The van der Waals surface area contributed by atoms with Crippen molar-refractivity contribution >= 4 is 6.09 Å². The Morgan fingerprint density at radius 1 is 1.29 bits per heavy atom. The van der Waals surface area contributed by atoms with Crippen LogP contribution in [0.1, 0.15) is 26.3 Å². The summed E-state index contributed by atoms with van der Waals surface area (Å²) >= 11 is 0. The van der Waals surface area contributed by atoms with Crippen molar-refractivity contribution < 1.29 is 9.53 Å². The SMILES string of the molecule is CC(C)(C)OC(=O)N1C[C@@H]2CN(Cc3ccccc3)C[C@]2(C#N)C1. The Morgan fingerprint density at radius 3 is 2.58 bits per heavy atom. The van der Waals surface area contributed by atoms with Gasteiger partial charge in [0.25, 0.3) is 0 Å². The van der Waals surface area contributed by atoms with Crippen LogP contribution in [0.4, 0.5) is 4.79 Å². The summed E-state index contributed by atoms with van der Waals surface area (Å²) in [7, 11) is 0. The second-order valence-corrected chi connectivity index (χ2v) is 7.98. The quantitative estimate of drug-likeness (QED) is 0.838. The van der Waals surface area contributed by atoms with Gasteiger partial charge in [-0.1, -0.05) is 30.3 Å². The zero-order valence-corrected chi connectivity index (χ0v) is 14.7. The standard InChI is InChI=1S/C19H25N3O2/c1-18(2,3)24-17(23)22-11-16-10-21(13-19(16,12-20)14-22)9-15-7-5-4-6-8-15/h4-8,16H,9-11,13-14H2,1-3H3/t16-,19+/m0/s1. The molecule has 2 fully saturated rings. The number of rotatable bonds is 2. The predicted molar refractivity (Wildman–Crippen MR) is 91.1 cm³/mol. The van der Waals surface area contributed by atoms with Crippen LogP contribution in [0.15, 0.2) is 30.3 Å². The van der Waals surface area contributed by atoms with E-state index in [0.29, 0.717) is 19.6 Å². The highest BCUT2D eigenvalue weighted by Crippen LogP contribution is 2.42. The summed E-state index contributed by atoms with van der Waals surface area (Å²) in [5, 5.41) is 9.79. The van der Waals surface area contributed by atoms with Gasteiger partial charge in [-0.05, 0) is 26.3 Å². The van der Waals surface area contributed by atoms with Gasteiger partial charge in [-0.25, -0.2) is 4.79 Å². The van der Waals surface area contributed by atoms with E-state index in [4.69, 9.17) is 4.74 Å². The highest BCUT2D eigenvalue weighted by Gasteiger charge is 2.54. The van der Waals surface area contributed by atoms with Gasteiger partial charge in [0, 0.05) is 38.6 Å². The van der Waals surface area contributed by atoms with Gasteiger partial charge in [-0.2, -0.15) is 5.26 Å². The summed E-state index contributed by atoms with van der Waals surface area (Å²) in [6, 6.07) is 12.8. The number of carbonyl (C=O) groups is 1. The number of ether oxygens (including phenoxy) is 1. The second-order valence-electron chi connectivity index (χ2n) is 7.98. The molecule has 0 aliphatic carbocycles. The van der Waals surface area contributed by atoms with Gasteiger partial charge in [0.1, 0.15) is 5.60 Å². The first-order valence-electron chi connectivity index (χ1n) is 8.47. The van der Waals surface area contributed by atoms with E-state index in [9.17, 15) is 10.1 Å². The van der Waals surface area contributed by atoms with E-state index in [2.05, 4.69) is 23.1 Å². The maximum absolute atomic E-state index is 12.3. The van der Waals surface area contributed by atoms with Crippen LogP contribution in [0.2, 0.25) is 0 Å². The van der Waals surface area contributed by atoms with Crippen LogP contribution in [-0.2, 0) is 11.3 Å². The first-order chi connectivity index (χ1) is 11.3. The third-order valence-electron chi connectivity index (χ3n) is 4.80. The number of fused-ring (bicyclic) bond motifs is 1. The molecule has 1 aromatic carbocycles. The predicted octanol–water partition coefficient (Wildman–Crippen LogP) is 2.88. The molecule has 0 unspecified atom stereocenters. The summed E-state index contributed by atoms with van der Waals surface area (Å²) in [6.45, 7) is 9.08. The lowest BCUT2D eigenvalue weighted by atomic mass is 9.83. The molecule has 0 N–H and O–H groups in total. The fraction of sp³-hybridized carbons (Fsp3) is 0.579. The highest BCUT2D eigenvalue weighted by atomic mass is 16.6. The molecule has 3 rings (SSSR count). The van der Waals surface area contributed by atoms with Crippen molar-refractivity contribution in [3.8, 4) is 6.07 Å². The molecule has 0 aromatic heterocycles. The number of amides is 1. The van der Waals surface area contributed by atoms with Gasteiger partial charge >= 0.3 is 6.09 Å². The van der Waals surface area contributed by atoms with Gasteiger partial charge in [0.15, 0.2) is 0 Å². The summed E-state index contributed by atoms with van der Waals surface area (Å²) in [5.41, 5.74) is 0.286. The molecule has 2 saturated heterocycles. The minimum Gasteiger partial charge on any atom is -0.444 e. The first kappa shape index (κ1) is 16.8. The van der Waals surface area contributed by atoms with Crippen LogP contribution in [-0.4, -0.2) is 47.7 Å². The van der Waals surface area contributed by atoms with E-state index in [-0.39, 0.29) is 12.0 Å². The maximum atomic E-state index is 12.3. The van der Waals surface area contributed by atoms with Gasteiger partial charge < -0.3 is 9.64 Å². The number of nitriles is 1. The van der Waals surface area contributed by atoms with E-state index in [0.717, 1.165) is 13.1 Å². The van der Waals surface area contributed by atoms with E-state index in [1.807, 2.05) is 39.0 Å². The molecule has 0 saturated carbocycles. The zero-order valence-electron chi connectivity index (χ0n) is 14.7. The van der Waals surface area contributed by atoms with Gasteiger partial charge in [-0.3, -0.25) is 4.90 Å². The normalized spacial score (nSPS) is 26.9. The molecule has 2 aliphatic rings. The third-order valence-corrected chi connectivity index (χ3v) is 4.80. The molecule has 0 bridgehead atoms. The fourth-order valence-electron chi connectivity index (χ4n) is 3.75. The largest absolute Gasteiger partial charge is 0.444 e. The Kier molecular flexibility index (Phi) is 4.27. The number of hydrogen-bond donors (Lipinski definition) is 0. The molecule has 2 heterocycles. The van der Waals surface area contributed by atoms with Gasteiger partial charge in [0.2, 0.25) is 0 Å². The van der Waals surface area contributed by atoms with E-state index in [1.165, 1.54) is 5.56 Å². The van der Waals surface area contributed by atoms with Gasteiger partial charge in [-0.15, -0.1) is 0 Å². The van der Waals surface area contributed by atoms with Crippen molar-refractivity contribution in [2.24, 2.45) is 11.3 Å². The molecule has 1 amide bonds. The summed E-state index contributed by atoms with van der Waals surface area (Å²) in [6.07, 6.45) is -0.305. The monoisotopic (exact) mass is 327 g/mol. The summed E-state index contributed by atoms with van der Waals surface area (Å²) < 4.78 is 5.46. The molecule has 2 aliphatic heterocycles. The van der Waals surface area contributed by atoms with E-state index < -0.39 is 11.0 Å². The highest BCUT2D eigenvalue weighted by molar-refractivity contribution is 5.69. The minimum atomic E-state index is -0.506. The van der Waals surface area contributed by atoms with E-state index >= 15 is 0 Å². The zero-order chi connectivity index (χ0) is 17.4. The van der Waals surface area contributed by atoms with Gasteiger partial charge in [0.05, 0.1) is 11.5 Å². The summed E-state index contributed by atoms with van der Waals surface area (Å²) in [4.78, 5) is 16.3. The molecule has 24 heavy (non-hydrogen) atoms. The Hall–Kier alpha value is -2.06. The van der Waals surface area contributed by atoms with Crippen LogP contribution in [0.3, 0.4) is 0 Å². The third kappa shape index (κ3) is 3.39. The van der Waals surface area contributed by atoms with Crippen molar-refractivity contribution in [2.45, 2.75) is 32.9 Å². The maximum Gasteiger partial charge on any atom is 0.410 e. The molecule has 0 spiro atoms. The van der Waals surface area contributed by atoms with Crippen LogP contribution in [0.5, 0.6) is 0 Å². The molecule has 2 atom stereocenters. The molecule has 1 aromatic rings. The van der Waals surface area contributed by atoms with Crippen LogP contribution in [0, 0.1) is 22.7 Å². The van der Waals surface area contributed by atoms with Crippen LogP contribution < -0.4 is 0 Å². The van der Waals surface area contributed by atoms with Crippen molar-refractivity contribution in [2.75, 3.05) is 26.2 Å². The molecular formula is C19H25N3O2. The number of nitrogens with zero attached hydrogens (tertiary/aromatic N) is 3. The van der Waals surface area contributed by atoms with E-state index in [1.54, 1.807) is 4.90 Å². The lowest BCUT2D eigenvalue weighted by Gasteiger charge is -2.27. The summed E-state index contributed by atoms with van der Waals surface area (Å²) in [5.74, 6) is 0.193. The second kappa shape index (κ2) is 6.10. The van der Waals surface area contributed by atoms with Crippen molar-refractivity contribution in [3.63, 3.8) is 0 Å². The Bertz CT molecular complexity index is 647. The fourth-order valence-corrected chi connectivity index (χ4v) is 3.75. The number of likely N-dealkylation sites (tertiary alicyclic amines) is 2. The molecule has 128 valence electrons. The average molecular weight is 327 g/mol. The Morgan fingerprint density at radius 2 is 2.00 bits per heavy atom. The Balaban J connectivity index is 1.65. The van der Waals surface area contributed by atoms with Crippen LogP contribution >= 0.6 is 0 Å². The molecule has 0 radical (unpaired) electrons. The van der Waals surface area contributed by atoms with Crippen molar-refractivity contribution in [1.82, 2.24) is 9.80 Å². The molecular weight excluding hydrogens is 302 g/mol. The lowest BCUT2D eigenvalue weighted by Crippen LogP contribution is -2.39. The molecule has 5 nitrogen and oxygen atoms in total. The topological polar surface area (TPSA) is 56.6 Å². The Labute approximate surface area is 143 Å². The van der Waals surface area contributed by atoms with Crippen molar-refractivity contribution in [3.05, 3.63) is 35.9 Å². The smallest absolute Gasteiger partial charge is 0.410 e. The molecule has 5 heteroatoms. The minimum absolute atomic E-state index is 0.193. The number of hydrogen-bond acceptors (Lipinski definition) is 4. The first-order valence-corrected chi connectivity index (χ1v) is 8.47. The van der Waals surface area contributed by atoms with Crippen molar-refractivity contribution in [1.29, 1.82) is 5.26 Å².